The van der Waals surface area contributed by atoms with Crippen LogP contribution in [0, 0.1) is 5.41 Å². The van der Waals surface area contributed by atoms with E-state index in [1.807, 2.05) is 11.8 Å². The van der Waals surface area contributed by atoms with E-state index in [1.165, 1.54) is 34.7 Å². The van der Waals surface area contributed by atoms with Crippen LogP contribution in [0.4, 0.5) is 5.69 Å². The highest BCUT2D eigenvalue weighted by Gasteiger charge is 2.19. The summed E-state index contributed by atoms with van der Waals surface area (Å²) in [6.45, 7) is 6.16. The number of benzene rings is 1. The molecule has 18 heavy (non-hydrogen) atoms. The number of nitrogens with two attached hydrogens (primary N) is 1. The van der Waals surface area contributed by atoms with Crippen molar-refractivity contribution in [2.75, 3.05) is 30.8 Å². The molecular formula is C15H24N2S. The van der Waals surface area contributed by atoms with Gasteiger partial charge in [0.05, 0.1) is 0 Å². The first-order valence-electron chi connectivity index (χ1n) is 6.69. The lowest BCUT2D eigenvalue weighted by Gasteiger charge is -2.31. The van der Waals surface area contributed by atoms with Crippen LogP contribution in [-0.2, 0) is 6.42 Å². The number of hydrogen-bond donors (Lipinski definition) is 1. The van der Waals surface area contributed by atoms with Crippen molar-refractivity contribution in [3.8, 4) is 0 Å². The Balaban J connectivity index is 2.13. The maximum absolute atomic E-state index is 5.81. The molecule has 0 radical (unpaired) electrons. The maximum Gasteiger partial charge on any atom is 0.0367 e. The van der Waals surface area contributed by atoms with Crippen molar-refractivity contribution in [3.63, 3.8) is 0 Å². The summed E-state index contributed by atoms with van der Waals surface area (Å²) in [6.07, 6.45) is 2.53. The number of aryl methyl sites for hydroxylation is 1. The van der Waals surface area contributed by atoms with Gasteiger partial charge in [0.2, 0.25) is 0 Å². The Bertz CT molecular complexity index is 415. The second-order valence-electron chi connectivity index (χ2n) is 5.97. The minimum Gasteiger partial charge on any atom is -0.374 e. The number of rotatable bonds is 4. The zero-order valence-electron chi connectivity index (χ0n) is 11.7. The van der Waals surface area contributed by atoms with E-state index in [-0.39, 0.29) is 5.41 Å². The molecule has 0 spiro atoms. The third kappa shape index (κ3) is 3.21. The van der Waals surface area contributed by atoms with Crippen LogP contribution in [0.2, 0.25) is 0 Å². The van der Waals surface area contributed by atoms with Gasteiger partial charge in [-0.05, 0) is 54.3 Å². The molecule has 3 heteroatoms. The van der Waals surface area contributed by atoms with Gasteiger partial charge in [0.1, 0.15) is 0 Å². The molecule has 0 atom stereocenters. The van der Waals surface area contributed by atoms with E-state index in [9.17, 15) is 0 Å². The van der Waals surface area contributed by atoms with Crippen LogP contribution in [0.15, 0.2) is 23.1 Å². The molecule has 2 N–H and O–H groups in total. The van der Waals surface area contributed by atoms with Crippen LogP contribution in [-0.4, -0.2) is 25.9 Å². The van der Waals surface area contributed by atoms with Crippen LogP contribution < -0.4 is 10.6 Å². The molecule has 0 unspecified atom stereocenters. The SMILES string of the molecule is CN(CC(C)(C)CN)c1ccc2c(c1)CCCS2. The third-order valence-corrected chi connectivity index (χ3v) is 4.75. The van der Waals surface area contributed by atoms with Crippen molar-refractivity contribution < 1.29 is 0 Å². The van der Waals surface area contributed by atoms with Crippen molar-refractivity contribution in [2.45, 2.75) is 31.6 Å². The zero-order chi connectivity index (χ0) is 13.2. The third-order valence-electron chi connectivity index (χ3n) is 3.55. The van der Waals surface area contributed by atoms with Crippen molar-refractivity contribution >= 4 is 17.4 Å². The van der Waals surface area contributed by atoms with Gasteiger partial charge >= 0.3 is 0 Å². The van der Waals surface area contributed by atoms with E-state index < -0.39 is 0 Å². The first kappa shape index (κ1) is 13.8. The molecule has 0 bridgehead atoms. The second-order valence-corrected chi connectivity index (χ2v) is 7.11. The lowest BCUT2D eigenvalue weighted by atomic mass is 9.93. The molecule has 2 rings (SSSR count). The lowest BCUT2D eigenvalue weighted by molar-refractivity contribution is 0.385. The summed E-state index contributed by atoms with van der Waals surface area (Å²) in [5.74, 6) is 1.27. The van der Waals surface area contributed by atoms with Gasteiger partial charge < -0.3 is 10.6 Å². The Labute approximate surface area is 115 Å². The Hall–Kier alpha value is -0.670. The summed E-state index contributed by atoms with van der Waals surface area (Å²) >= 11 is 1.99. The molecule has 0 aromatic heterocycles. The van der Waals surface area contributed by atoms with E-state index in [0.29, 0.717) is 0 Å². The Morgan fingerprint density at radius 3 is 2.89 bits per heavy atom. The molecule has 1 aliphatic rings. The molecule has 1 heterocycles. The standard InChI is InChI=1S/C15H24N2S/c1-15(2,10-16)11-17(3)13-6-7-14-12(9-13)5-4-8-18-14/h6-7,9H,4-5,8,10-11,16H2,1-3H3. The molecule has 1 aliphatic heterocycles. The highest BCUT2D eigenvalue weighted by molar-refractivity contribution is 7.99. The van der Waals surface area contributed by atoms with E-state index >= 15 is 0 Å². The number of nitrogens with zero attached hydrogens (tertiary/aromatic N) is 1. The molecule has 0 fully saturated rings. The molecule has 0 saturated carbocycles. The Kier molecular flexibility index (Phi) is 4.23. The molecule has 100 valence electrons. The zero-order valence-corrected chi connectivity index (χ0v) is 12.5. The average Bonchev–Trinajstić information content (AvgIpc) is 2.37. The van der Waals surface area contributed by atoms with Crippen molar-refractivity contribution in [2.24, 2.45) is 11.1 Å². The molecule has 1 aromatic rings. The van der Waals surface area contributed by atoms with Crippen LogP contribution in [0.1, 0.15) is 25.8 Å². The number of anilines is 1. The Morgan fingerprint density at radius 1 is 1.39 bits per heavy atom. The minimum absolute atomic E-state index is 0.166. The fraction of sp³-hybridized carbons (Fsp3) is 0.600. The summed E-state index contributed by atoms with van der Waals surface area (Å²) in [7, 11) is 2.16. The van der Waals surface area contributed by atoms with Crippen molar-refractivity contribution in [1.29, 1.82) is 0 Å². The van der Waals surface area contributed by atoms with Gasteiger partial charge in [-0.3, -0.25) is 0 Å². The molecule has 0 aliphatic carbocycles. The highest BCUT2D eigenvalue weighted by Crippen LogP contribution is 2.33. The monoisotopic (exact) mass is 264 g/mol. The van der Waals surface area contributed by atoms with Crippen LogP contribution in [0.3, 0.4) is 0 Å². The second kappa shape index (κ2) is 5.54. The predicted molar refractivity (Wildman–Crippen MR) is 81.6 cm³/mol. The first-order chi connectivity index (χ1) is 8.52. The minimum atomic E-state index is 0.166. The van der Waals surface area contributed by atoms with Gasteiger partial charge in [0.25, 0.3) is 0 Å². The van der Waals surface area contributed by atoms with Gasteiger partial charge in [0, 0.05) is 24.2 Å². The van der Waals surface area contributed by atoms with Gasteiger partial charge in [-0.2, -0.15) is 0 Å². The summed E-state index contributed by atoms with van der Waals surface area (Å²) in [4.78, 5) is 3.79. The quantitative estimate of drug-likeness (QED) is 0.906. The largest absolute Gasteiger partial charge is 0.374 e. The summed E-state index contributed by atoms with van der Waals surface area (Å²) < 4.78 is 0. The molecule has 1 aromatic carbocycles. The Morgan fingerprint density at radius 2 is 2.17 bits per heavy atom. The molecule has 2 nitrogen and oxygen atoms in total. The van der Waals surface area contributed by atoms with Crippen molar-refractivity contribution in [3.05, 3.63) is 23.8 Å². The fourth-order valence-corrected chi connectivity index (χ4v) is 3.40. The summed E-state index contributed by atoms with van der Waals surface area (Å²) in [6, 6.07) is 6.87. The van der Waals surface area contributed by atoms with E-state index in [0.717, 1.165) is 13.1 Å². The van der Waals surface area contributed by atoms with Crippen LogP contribution in [0.5, 0.6) is 0 Å². The van der Waals surface area contributed by atoms with Crippen LogP contribution in [0.25, 0.3) is 0 Å². The molecule has 0 amide bonds. The number of thioether (sulfide) groups is 1. The molecular weight excluding hydrogens is 240 g/mol. The van der Waals surface area contributed by atoms with Gasteiger partial charge in [-0.1, -0.05) is 13.8 Å². The van der Waals surface area contributed by atoms with Crippen molar-refractivity contribution in [1.82, 2.24) is 0 Å². The summed E-state index contributed by atoms with van der Waals surface area (Å²) in [5, 5.41) is 0. The van der Waals surface area contributed by atoms with Gasteiger partial charge in [0.15, 0.2) is 0 Å². The first-order valence-corrected chi connectivity index (χ1v) is 7.67. The summed E-state index contributed by atoms with van der Waals surface area (Å²) in [5.41, 5.74) is 8.81. The highest BCUT2D eigenvalue weighted by atomic mass is 32.2. The number of hydrogen-bond acceptors (Lipinski definition) is 3. The normalized spacial score (nSPS) is 15.3. The average molecular weight is 264 g/mol. The fourth-order valence-electron chi connectivity index (χ4n) is 2.38. The smallest absolute Gasteiger partial charge is 0.0367 e. The van der Waals surface area contributed by atoms with E-state index in [2.05, 4.69) is 44.0 Å². The maximum atomic E-state index is 5.81. The van der Waals surface area contributed by atoms with Gasteiger partial charge in [-0.15, -0.1) is 11.8 Å². The van der Waals surface area contributed by atoms with E-state index in [4.69, 9.17) is 5.73 Å². The van der Waals surface area contributed by atoms with Crippen LogP contribution >= 0.6 is 11.8 Å². The topological polar surface area (TPSA) is 29.3 Å². The van der Waals surface area contributed by atoms with E-state index in [1.54, 1.807) is 0 Å². The predicted octanol–water partition coefficient (Wildman–Crippen LogP) is 3.15. The number of fused-ring (bicyclic) bond motifs is 1. The molecule has 0 saturated heterocycles. The van der Waals surface area contributed by atoms with Gasteiger partial charge in [-0.25, -0.2) is 0 Å². The lowest BCUT2D eigenvalue weighted by Crippen LogP contribution is -2.36.